The monoisotopic (exact) mass is 202 g/mol. The summed E-state index contributed by atoms with van der Waals surface area (Å²) in [7, 11) is 2.20. The van der Waals surface area contributed by atoms with Crippen LogP contribution in [0.3, 0.4) is 0 Å². The van der Waals surface area contributed by atoms with E-state index in [-0.39, 0.29) is 0 Å². The Morgan fingerprint density at radius 1 is 1.46 bits per heavy atom. The highest BCUT2D eigenvalue weighted by Gasteiger charge is 2.17. The van der Waals surface area contributed by atoms with Crippen molar-refractivity contribution in [3.05, 3.63) is 0 Å². The molecule has 1 aliphatic heterocycles. The number of hydrogen-bond donors (Lipinski definition) is 1. The van der Waals surface area contributed by atoms with Crippen LogP contribution in [-0.4, -0.2) is 49.6 Å². The second-order valence-electron chi connectivity index (χ2n) is 3.90. The maximum absolute atomic E-state index is 3.62. The maximum atomic E-state index is 3.62. The van der Waals surface area contributed by atoms with E-state index in [0.717, 1.165) is 6.04 Å². The first kappa shape index (κ1) is 11.3. The minimum absolute atomic E-state index is 0.763. The lowest BCUT2D eigenvalue weighted by Crippen LogP contribution is -2.32. The van der Waals surface area contributed by atoms with Gasteiger partial charge in [-0.2, -0.15) is 11.8 Å². The van der Waals surface area contributed by atoms with Crippen LogP contribution in [0.1, 0.15) is 19.3 Å². The van der Waals surface area contributed by atoms with Crippen molar-refractivity contribution in [2.75, 3.05) is 38.7 Å². The van der Waals surface area contributed by atoms with Crippen molar-refractivity contribution in [3.8, 4) is 0 Å². The van der Waals surface area contributed by atoms with Crippen molar-refractivity contribution >= 4 is 11.8 Å². The lowest BCUT2D eigenvalue weighted by Gasteiger charge is -2.12. The Morgan fingerprint density at radius 2 is 2.31 bits per heavy atom. The number of thioether (sulfide) groups is 1. The Kier molecular flexibility index (Phi) is 5.83. The Morgan fingerprint density at radius 3 is 2.92 bits per heavy atom. The molecule has 0 saturated carbocycles. The Hall–Kier alpha value is 0.270. The molecule has 1 atom stereocenters. The van der Waals surface area contributed by atoms with Crippen LogP contribution in [0.2, 0.25) is 0 Å². The van der Waals surface area contributed by atoms with Crippen LogP contribution in [-0.2, 0) is 0 Å². The fourth-order valence-electron chi connectivity index (χ4n) is 1.78. The number of rotatable bonds is 6. The molecule has 78 valence electrons. The summed E-state index contributed by atoms with van der Waals surface area (Å²) < 4.78 is 0. The molecule has 1 rings (SSSR count). The molecule has 0 bridgehead atoms. The van der Waals surface area contributed by atoms with E-state index in [1.54, 1.807) is 0 Å². The molecular formula is C10H22N2S. The van der Waals surface area contributed by atoms with Crippen LogP contribution >= 0.6 is 11.8 Å². The second-order valence-corrected chi connectivity index (χ2v) is 4.89. The normalized spacial score (nSPS) is 24.0. The van der Waals surface area contributed by atoms with Gasteiger partial charge in [-0.15, -0.1) is 0 Å². The van der Waals surface area contributed by atoms with E-state index in [2.05, 4.69) is 23.5 Å². The van der Waals surface area contributed by atoms with Gasteiger partial charge in [0.25, 0.3) is 0 Å². The largest absolute Gasteiger partial charge is 0.313 e. The topological polar surface area (TPSA) is 15.3 Å². The smallest absolute Gasteiger partial charge is 0.0207 e. The van der Waals surface area contributed by atoms with Gasteiger partial charge >= 0.3 is 0 Å². The molecule has 3 heteroatoms. The standard InChI is InChI=1S/C10H22N2S/c1-12-7-5-10(9-12)11-6-3-4-8-13-2/h10-11H,3-9H2,1-2H3. The molecule has 0 radical (unpaired) electrons. The van der Waals surface area contributed by atoms with Crippen LogP contribution in [0.4, 0.5) is 0 Å². The minimum atomic E-state index is 0.763. The molecule has 2 nitrogen and oxygen atoms in total. The van der Waals surface area contributed by atoms with Crippen LogP contribution in [0.5, 0.6) is 0 Å². The Balaban J connectivity index is 1.88. The van der Waals surface area contributed by atoms with Gasteiger partial charge < -0.3 is 10.2 Å². The first-order valence-corrected chi connectivity index (χ1v) is 6.63. The summed E-state index contributed by atoms with van der Waals surface area (Å²) in [5, 5.41) is 3.62. The van der Waals surface area contributed by atoms with E-state index in [0.29, 0.717) is 0 Å². The average Bonchev–Trinajstić information content (AvgIpc) is 2.51. The Labute approximate surface area is 86.5 Å². The zero-order valence-corrected chi connectivity index (χ0v) is 9.70. The predicted octanol–water partition coefficient (Wildman–Crippen LogP) is 1.42. The third kappa shape index (κ3) is 4.89. The lowest BCUT2D eigenvalue weighted by molar-refractivity contribution is 0.397. The van der Waals surface area contributed by atoms with Gasteiger partial charge in [0.1, 0.15) is 0 Å². The fourth-order valence-corrected chi connectivity index (χ4v) is 2.27. The van der Waals surface area contributed by atoms with Crippen LogP contribution in [0.15, 0.2) is 0 Å². The number of nitrogens with zero attached hydrogens (tertiary/aromatic N) is 1. The first-order chi connectivity index (χ1) is 6.33. The first-order valence-electron chi connectivity index (χ1n) is 5.24. The van der Waals surface area contributed by atoms with E-state index in [1.807, 2.05) is 11.8 Å². The predicted molar refractivity (Wildman–Crippen MR) is 61.5 cm³/mol. The van der Waals surface area contributed by atoms with Crippen molar-refractivity contribution < 1.29 is 0 Å². The van der Waals surface area contributed by atoms with Gasteiger partial charge in [-0.05, 0) is 51.4 Å². The molecule has 0 aromatic carbocycles. The molecule has 1 aliphatic rings. The summed E-state index contributed by atoms with van der Waals surface area (Å²) in [6.45, 7) is 3.71. The number of nitrogens with one attached hydrogen (secondary N) is 1. The molecule has 0 aromatic heterocycles. The van der Waals surface area contributed by atoms with Gasteiger partial charge in [-0.3, -0.25) is 0 Å². The molecule has 0 amide bonds. The van der Waals surface area contributed by atoms with Crippen LogP contribution in [0.25, 0.3) is 0 Å². The van der Waals surface area contributed by atoms with Gasteiger partial charge in [0.05, 0.1) is 0 Å². The van der Waals surface area contributed by atoms with Gasteiger partial charge in [0, 0.05) is 12.6 Å². The zero-order valence-electron chi connectivity index (χ0n) is 8.88. The highest BCUT2D eigenvalue weighted by atomic mass is 32.2. The maximum Gasteiger partial charge on any atom is 0.0207 e. The summed E-state index contributed by atoms with van der Waals surface area (Å²) in [6.07, 6.45) is 6.20. The van der Waals surface area contributed by atoms with E-state index < -0.39 is 0 Å². The van der Waals surface area contributed by atoms with Crippen molar-refractivity contribution in [2.45, 2.75) is 25.3 Å². The third-order valence-corrected chi connectivity index (χ3v) is 3.30. The summed E-state index contributed by atoms with van der Waals surface area (Å²) in [6, 6.07) is 0.763. The highest BCUT2D eigenvalue weighted by molar-refractivity contribution is 7.98. The quantitative estimate of drug-likeness (QED) is 0.656. The highest BCUT2D eigenvalue weighted by Crippen LogP contribution is 2.06. The van der Waals surface area contributed by atoms with E-state index in [4.69, 9.17) is 0 Å². The Bertz CT molecular complexity index is 130. The third-order valence-electron chi connectivity index (χ3n) is 2.60. The number of unbranched alkanes of at least 4 members (excludes halogenated alkanes) is 1. The molecule has 0 spiro atoms. The van der Waals surface area contributed by atoms with E-state index in [1.165, 1.54) is 44.6 Å². The molecule has 1 N–H and O–H groups in total. The molecule has 1 fully saturated rings. The van der Waals surface area contributed by atoms with Crippen molar-refractivity contribution in [1.82, 2.24) is 10.2 Å². The molecule has 1 unspecified atom stereocenters. The fraction of sp³-hybridized carbons (Fsp3) is 1.00. The molecule has 0 aliphatic carbocycles. The summed E-state index contributed by atoms with van der Waals surface area (Å²) in [5.74, 6) is 1.31. The summed E-state index contributed by atoms with van der Waals surface area (Å²) >= 11 is 1.95. The number of likely N-dealkylation sites (tertiary alicyclic amines) is 1. The van der Waals surface area contributed by atoms with Crippen LogP contribution in [0, 0.1) is 0 Å². The molecule has 1 saturated heterocycles. The molecule has 13 heavy (non-hydrogen) atoms. The molecular weight excluding hydrogens is 180 g/mol. The van der Waals surface area contributed by atoms with Crippen LogP contribution < -0.4 is 5.32 Å². The van der Waals surface area contributed by atoms with Crippen molar-refractivity contribution in [3.63, 3.8) is 0 Å². The molecule has 1 heterocycles. The molecule has 0 aromatic rings. The minimum Gasteiger partial charge on any atom is -0.313 e. The van der Waals surface area contributed by atoms with Crippen molar-refractivity contribution in [1.29, 1.82) is 0 Å². The van der Waals surface area contributed by atoms with Gasteiger partial charge in [0.15, 0.2) is 0 Å². The lowest BCUT2D eigenvalue weighted by atomic mass is 10.2. The van der Waals surface area contributed by atoms with Gasteiger partial charge in [0.2, 0.25) is 0 Å². The van der Waals surface area contributed by atoms with Gasteiger partial charge in [-0.25, -0.2) is 0 Å². The second kappa shape index (κ2) is 6.68. The SMILES string of the molecule is CSCCCCNC1CCN(C)C1. The average molecular weight is 202 g/mol. The summed E-state index contributed by atoms with van der Waals surface area (Å²) in [4.78, 5) is 2.40. The zero-order chi connectivity index (χ0) is 9.52. The van der Waals surface area contributed by atoms with Crippen molar-refractivity contribution in [2.24, 2.45) is 0 Å². The van der Waals surface area contributed by atoms with E-state index in [9.17, 15) is 0 Å². The van der Waals surface area contributed by atoms with E-state index >= 15 is 0 Å². The van der Waals surface area contributed by atoms with Gasteiger partial charge in [-0.1, -0.05) is 0 Å². The summed E-state index contributed by atoms with van der Waals surface area (Å²) in [5.41, 5.74) is 0. The number of likely N-dealkylation sites (N-methyl/N-ethyl adjacent to an activating group) is 1. The number of hydrogen-bond acceptors (Lipinski definition) is 3.